The van der Waals surface area contributed by atoms with Crippen LogP contribution >= 0.6 is 11.6 Å². The van der Waals surface area contributed by atoms with Crippen LogP contribution in [0.1, 0.15) is 17.2 Å². The van der Waals surface area contributed by atoms with Gasteiger partial charge in [-0.05, 0) is 23.8 Å². The van der Waals surface area contributed by atoms with Crippen molar-refractivity contribution in [2.24, 2.45) is 5.84 Å². The van der Waals surface area contributed by atoms with Crippen molar-refractivity contribution in [1.29, 1.82) is 0 Å². The van der Waals surface area contributed by atoms with E-state index in [2.05, 4.69) is 10.4 Å². The summed E-state index contributed by atoms with van der Waals surface area (Å²) in [6.45, 7) is 0. The largest absolute Gasteiger partial charge is 0.494 e. The Bertz CT molecular complexity index is 623. The number of nitrogen functional groups attached to an aromatic ring is 1. The third kappa shape index (κ3) is 2.82. The Labute approximate surface area is 120 Å². The second kappa shape index (κ2) is 6.04. The van der Waals surface area contributed by atoms with Gasteiger partial charge in [0.2, 0.25) is 0 Å². The molecule has 106 valence electrons. The minimum absolute atomic E-state index is 0.122. The molecule has 0 bridgehead atoms. The molecule has 1 heterocycles. The number of methoxy groups -OCH3 is 1. The van der Waals surface area contributed by atoms with Gasteiger partial charge in [0.1, 0.15) is 5.82 Å². The van der Waals surface area contributed by atoms with E-state index in [0.29, 0.717) is 22.0 Å². The lowest BCUT2D eigenvalue weighted by molar-refractivity contribution is 0.385. The minimum atomic E-state index is -0.476. The van der Waals surface area contributed by atoms with Crippen LogP contribution in [-0.4, -0.2) is 12.1 Å². The topological polar surface area (TPSA) is 86.2 Å². The minimum Gasteiger partial charge on any atom is -0.494 e. The Morgan fingerprint density at radius 2 is 2.15 bits per heavy atom. The predicted molar refractivity (Wildman–Crippen MR) is 75.8 cm³/mol. The molecule has 1 unspecified atom stereocenters. The van der Waals surface area contributed by atoms with Crippen molar-refractivity contribution in [3.8, 4) is 5.75 Å². The number of ether oxygens (including phenoxy) is 1. The molecule has 0 aliphatic carbocycles. The van der Waals surface area contributed by atoms with Gasteiger partial charge < -0.3 is 10.5 Å². The number of pyridine rings is 1. The third-order valence-corrected chi connectivity index (χ3v) is 3.11. The van der Waals surface area contributed by atoms with E-state index >= 15 is 0 Å². The van der Waals surface area contributed by atoms with E-state index in [4.69, 9.17) is 27.9 Å². The molecule has 0 aliphatic rings. The van der Waals surface area contributed by atoms with Crippen LogP contribution in [0.3, 0.4) is 0 Å². The number of hydrazine groups is 1. The maximum atomic E-state index is 13.4. The lowest BCUT2D eigenvalue weighted by atomic mass is 9.99. The molecule has 0 radical (unpaired) electrons. The molecule has 0 aliphatic heterocycles. The predicted octanol–water partition coefficient (Wildman–Crippen LogP) is 2.02. The maximum absolute atomic E-state index is 13.4. The Kier molecular flexibility index (Phi) is 4.39. The number of nitrogens with zero attached hydrogens (tertiary/aromatic N) is 1. The van der Waals surface area contributed by atoms with Crippen LogP contribution in [0, 0.1) is 5.82 Å². The van der Waals surface area contributed by atoms with Crippen molar-refractivity contribution in [3.05, 3.63) is 52.4 Å². The molecule has 0 spiro atoms. The molecule has 1 aromatic heterocycles. The second-order valence-electron chi connectivity index (χ2n) is 4.12. The molecule has 2 aromatic rings. The molecule has 7 heteroatoms. The molecule has 1 aromatic carbocycles. The highest BCUT2D eigenvalue weighted by Crippen LogP contribution is 2.30. The van der Waals surface area contributed by atoms with Crippen LogP contribution in [-0.2, 0) is 0 Å². The van der Waals surface area contributed by atoms with E-state index in [1.54, 1.807) is 18.2 Å². The molecular weight excluding hydrogens is 283 g/mol. The number of nitrogens with one attached hydrogen (secondary N) is 1. The van der Waals surface area contributed by atoms with Crippen LogP contribution in [0.2, 0.25) is 5.02 Å². The highest BCUT2D eigenvalue weighted by atomic mass is 35.5. The van der Waals surface area contributed by atoms with E-state index in [1.807, 2.05) is 0 Å². The first-order chi connectivity index (χ1) is 9.56. The summed E-state index contributed by atoms with van der Waals surface area (Å²) in [4.78, 5) is 3.98. The molecule has 0 fully saturated rings. The first-order valence-electron chi connectivity index (χ1n) is 5.77. The van der Waals surface area contributed by atoms with E-state index < -0.39 is 11.9 Å². The average Bonchev–Trinajstić information content (AvgIpc) is 2.45. The monoisotopic (exact) mass is 296 g/mol. The van der Waals surface area contributed by atoms with Gasteiger partial charge in [0, 0.05) is 11.8 Å². The van der Waals surface area contributed by atoms with Crippen LogP contribution in [0.4, 0.5) is 10.2 Å². The summed E-state index contributed by atoms with van der Waals surface area (Å²) < 4.78 is 18.4. The number of aromatic nitrogens is 1. The van der Waals surface area contributed by atoms with Crippen molar-refractivity contribution in [2.45, 2.75) is 6.04 Å². The fraction of sp³-hybridized carbons (Fsp3) is 0.154. The summed E-state index contributed by atoms with van der Waals surface area (Å²) in [7, 11) is 1.39. The van der Waals surface area contributed by atoms with Gasteiger partial charge in [-0.3, -0.25) is 5.84 Å². The smallest absolute Gasteiger partial charge is 0.165 e. The number of benzene rings is 1. The van der Waals surface area contributed by atoms with E-state index in [1.165, 1.54) is 19.4 Å². The molecule has 20 heavy (non-hydrogen) atoms. The highest BCUT2D eigenvalue weighted by molar-refractivity contribution is 6.30. The van der Waals surface area contributed by atoms with Gasteiger partial charge in [-0.15, -0.1) is 0 Å². The van der Waals surface area contributed by atoms with Crippen molar-refractivity contribution in [1.82, 2.24) is 10.4 Å². The summed E-state index contributed by atoms with van der Waals surface area (Å²) in [6, 6.07) is 5.61. The maximum Gasteiger partial charge on any atom is 0.165 e. The van der Waals surface area contributed by atoms with Crippen molar-refractivity contribution in [2.75, 3.05) is 12.8 Å². The zero-order valence-corrected chi connectivity index (χ0v) is 11.5. The standard InChI is InChI=1S/C13H14ClFN4O/c1-20-11-4-7(2-3-10(11)15)12(19-17)9-5-8(14)6-18-13(9)16/h2-6,12,19H,17H2,1H3,(H2,16,18). The number of halogens is 2. The van der Waals surface area contributed by atoms with Gasteiger partial charge in [0.05, 0.1) is 18.2 Å². The Morgan fingerprint density at radius 3 is 2.80 bits per heavy atom. The quantitative estimate of drug-likeness (QED) is 0.593. The van der Waals surface area contributed by atoms with Gasteiger partial charge in [-0.25, -0.2) is 14.8 Å². The first kappa shape index (κ1) is 14.5. The molecule has 2 rings (SSSR count). The summed E-state index contributed by atoms with van der Waals surface area (Å²) in [5.41, 5.74) is 9.74. The fourth-order valence-corrected chi connectivity index (χ4v) is 2.08. The van der Waals surface area contributed by atoms with Crippen LogP contribution < -0.4 is 21.7 Å². The number of nitrogens with two attached hydrogens (primary N) is 2. The molecule has 5 nitrogen and oxygen atoms in total. The van der Waals surface area contributed by atoms with E-state index in [-0.39, 0.29) is 5.75 Å². The Hall–Kier alpha value is -1.89. The SMILES string of the molecule is COc1cc(C(NN)c2cc(Cl)cnc2N)ccc1F. The molecule has 0 saturated carbocycles. The lowest BCUT2D eigenvalue weighted by Gasteiger charge is -2.19. The average molecular weight is 297 g/mol. The van der Waals surface area contributed by atoms with Gasteiger partial charge in [0.15, 0.2) is 11.6 Å². The number of hydrogen-bond acceptors (Lipinski definition) is 5. The summed E-state index contributed by atoms with van der Waals surface area (Å²) in [6.07, 6.45) is 1.44. The number of rotatable bonds is 4. The number of anilines is 1. The highest BCUT2D eigenvalue weighted by Gasteiger charge is 2.18. The second-order valence-corrected chi connectivity index (χ2v) is 4.56. The molecule has 0 amide bonds. The summed E-state index contributed by atoms with van der Waals surface area (Å²) in [5, 5.41) is 0.434. The van der Waals surface area contributed by atoms with Crippen molar-refractivity contribution < 1.29 is 9.13 Å². The third-order valence-electron chi connectivity index (χ3n) is 2.90. The van der Waals surface area contributed by atoms with E-state index in [0.717, 1.165) is 0 Å². The first-order valence-corrected chi connectivity index (χ1v) is 6.15. The van der Waals surface area contributed by atoms with Crippen molar-refractivity contribution >= 4 is 17.4 Å². The van der Waals surface area contributed by atoms with Crippen LogP contribution in [0.5, 0.6) is 5.75 Å². The number of hydrogen-bond donors (Lipinski definition) is 3. The van der Waals surface area contributed by atoms with Crippen LogP contribution in [0.25, 0.3) is 0 Å². The van der Waals surface area contributed by atoms with E-state index in [9.17, 15) is 4.39 Å². The van der Waals surface area contributed by atoms with Gasteiger partial charge >= 0.3 is 0 Å². The van der Waals surface area contributed by atoms with Crippen LogP contribution in [0.15, 0.2) is 30.5 Å². The zero-order chi connectivity index (χ0) is 14.7. The van der Waals surface area contributed by atoms with Gasteiger partial charge in [0.25, 0.3) is 0 Å². The van der Waals surface area contributed by atoms with Gasteiger partial charge in [-0.1, -0.05) is 17.7 Å². The lowest BCUT2D eigenvalue weighted by Crippen LogP contribution is -2.29. The normalized spacial score (nSPS) is 12.2. The molecule has 1 atom stereocenters. The summed E-state index contributed by atoms with van der Waals surface area (Å²) >= 11 is 5.92. The zero-order valence-electron chi connectivity index (χ0n) is 10.7. The van der Waals surface area contributed by atoms with Crippen molar-refractivity contribution in [3.63, 3.8) is 0 Å². The fourth-order valence-electron chi connectivity index (χ4n) is 1.92. The molecule has 5 N–H and O–H groups in total. The Balaban J connectivity index is 2.49. The Morgan fingerprint density at radius 1 is 1.40 bits per heavy atom. The summed E-state index contributed by atoms with van der Waals surface area (Å²) in [5.74, 6) is 5.53. The van der Waals surface area contributed by atoms with Gasteiger partial charge in [-0.2, -0.15) is 0 Å². The molecule has 0 saturated heterocycles. The molecular formula is C13H14ClFN4O.